The summed E-state index contributed by atoms with van der Waals surface area (Å²) in [6, 6.07) is 7.74. The summed E-state index contributed by atoms with van der Waals surface area (Å²) in [5.74, 6) is 0.0680. The highest BCUT2D eigenvalue weighted by Gasteiger charge is 2.63. The molecule has 1 saturated carbocycles. The quantitative estimate of drug-likeness (QED) is 0.595. The van der Waals surface area contributed by atoms with E-state index < -0.39 is 11.8 Å². The van der Waals surface area contributed by atoms with Crippen LogP contribution in [-0.4, -0.2) is 81.7 Å². The number of benzene rings is 1. The standard InChI is InChI=1S/C30H45ClN4O3/c1-22(2)34-19-26(36)35(18-23-10-12-24(31)13-11-23)30(28(34)38)20-33(21-30)25-14-17-32-27(37)29(25)15-8-6-4-3-5-7-9-16-29/h10-13,22,25,27,32,37H,3-9,14-21H2,1-2H3. The Morgan fingerprint density at radius 1 is 1.00 bits per heavy atom. The Bertz CT molecular complexity index is 984. The van der Waals surface area contributed by atoms with Crippen molar-refractivity contribution >= 4 is 23.4 Å². The molecule has 2 N–H and O–H groups in total. The average Bonchev–Trinajstić information content (AvgIpc) is 2.87. The fraction of sp³-hybridized carbons (Fsp3) is 0.733. The van der Waals surface area contributed by atoms with E-state index >= 15 is 0 Å². The van der Waals surface area contributed by atoms with Crippen LogP contribution in [0.15, 0.2) is 24.3 Å². The third kappa shape index (κ3) is 5.12. The van der Waals surface area contributed by atoms with Crippen molar-refractivity contribution in [3.63, 3.8) is 0 Å². The van der Waals surface area contributed by atoms with E-state index in [1.165, 1.54) is 32.1 Å². The molecule has 7 nitrogen and oxygen atoms in total. The van der Waals surface area contributed by atoms with Crippen molar-refractivity contribution < 1.29 is 14.7 Å². The largest absolute Gasteiger partial charge is 0.378 e. The van der Waals surface area contributed by atoms with E-state index in [1.807, 2.05) is 43.0 Å². The summed E-state index contributed by atoms with van der Waals surface area (Å²) < 4.78 is 0. The molecule has 1 aromatic rings. The molecular formula is C30H45ClN4O3. The number of aliphatic hydroxyl groups excluding tert-OH is 1. The van der Waals surface area contributed by atoms with Gasteiger partial charge >= 0.3 is 0 Å². The highest BCUT2D eigenvalue weighted by molar-refractivity contribution is 6.30. The molecule has 5 rings (SSSR count). The number of halogens is 1. The molecule has 4 aliphatic rings. The average molecular weight is 545 g/mol. The second kappa shape index (κ2) is 11.4. The van der Waals surface area contributed by atoms with Gasteiger partial charge in [-0.3, -0.25) is 19.8 Å². The second-order valence-corrected chi connectivity index (χ2v) is 12.9. The minimum atomic E-state index is -0.855. The van der Waals surface area contributed by atoms with Gasteiger partial charge < -0.3 is 14.9 Å². The number of piperazine rings is 1. The number of hydrogen-bond acceptors (Lipinski definition) is 5. The molecule has 1 aromatic carbocycles. The third-order valence-electron chi connectivity index (χ3n) is 9.78. The van der Waals surface area contributed by atoms with Crippen molar-refractivity contribution in [2.24, 2.45) is 5.41 Å². The van der Waals surface area contributed by atoms with Gasteiger partial charge in [0, 0.05) is 42.2 Å². The SMILES string of the molecule is CC(C)N1CC(=O)N(Cc2ccc(Cl)cc2)C2(CN(C3CCNC(O)C34CCCCCCCCC4)C2)C1=O. The molecule has 8 heteroatoms. The van der Waals surface area contributed by atoms with Crippen molar-refractivity contribution in [3.05, 3.63) is 34.9 Å². The lowest BCUT2D eigenvalue weighted by atomic mass is 9.65. The fourth-order valence-electron chi connectivity index (χ4n) is 7.61. The minimum Gasteiger partial charge on any atom is -0.378 e. The lowest BCUT2D eigenvalue weighted by Gasteiger charge is -2.64. The van der Waals surface area contributed by atoms with E-state index in [0.717, 1.165) is 44.2 Å². The maximum atomic E-state index is 14.0. The Labute approximate surface area is 232 Å². The maximum Gasteiger partial charge on any atom is 0.251 e. The van der Waals surface area contributed by atoms with Crippen molar-refractivity contribution in [1.29, 1.82) is 0 Å². The Kier molecular flexibility index (Phi) is 8.39. The minimum absolute atomic E-state index is 0.00616. The van der Waals surface area contributed by atoms with Crippen LogP contribution >= 0.6 is 11.6 Å². The Morgan fingerprint density at radius 3 is 2.21 bits per heavy atom. The van der Waals surface area contributed by atoms with Crippen LogP contribution in [0.1, 0.15) is 83.6 Å². The highest BCUT2D eigenvalue weighted by atomic mass is 35.5. The summed E-state index contributed by atoms with van der Waals surface area (Å²) in [5, 5.41) is 15.4. The number of nitrogens with one attached hydrogen (secondary N) is 1. The third-order valence-corrected chi connectivity index (χ3v) is 10.0. The normalized spacial score (nSPS) is 28.7. The molecule has 2 unspecified atom stereocenters. The van der Waals surface area contributed by atoms with Gasteiger partial charge in [0.2, 0.25) is 5.91 Å². The number of rotatable bonds is 4. The number of hydrogen-bond donors (Lipinski definition) is 2. The van der Waals surface area contributed by atoms with Gasteiger partial charge in [0.15, 0.2) is 0 Å². The van der Waals surface area contributed by atoms with Crippen LogP contribution in [0.2, 0.25) is 5.02 Å². The van der Waals surface area contributed by atoms with E-state index in [9.17, 15) is 14.7 Å². The molecule has 1 aliphatic carbocycles. The van der Waals surface area contributed by atoms with Gasteiger partial charge in [-0.05, 0) is 57.4 Å². The van der Waals surface area contributed by atoms with Gasteiger partial charge in [-0.25, -0.2) is 0 Å². The zero-order chi connectivity index (χ0) is 26.9. The predicted octanol–water partition coefficient (Wildman–Crippen LogP) is 4.16. The molecule has 3 aliphatic heterocycles. The first-order valence-electron chi connectivity index (χ1n) is 14.8. The molecule has 2 atom stereocenters. The molecule has 2 spiro atoms. The van der Waals surface area contributed by atoms with Crippen molar-refractivity contribution in [1.82, 2.24) is 20.0 Å². The van der Waals surface area contributed by atoms with Gasteiger partial charge in [0.1, 0.15) is 18.3 Å². The van der Waals surface area contributed by atoms with Crippen LogP contribution in [0.25, 0.3) is 0 Å². The van der Waals surface area contributed by atoms with Gasteiger partial charge in [0.05, 0.1) is 0 Å². The summed E-state index contributed by atoms with van der Waals surface area (Å²) in [7, 11) is 0. The number of amides is 2. The van der Waals surface area contributed by atoms with Gasteiger partial charge in [0.25, 0.3) is 5.91 Å². The van der Waals surface area contributed by atoms with E-state index in [0.29, 0.717) is 24.7 Å². The van der Waals surface area contributed by atoms with Crippen molar-refractivity contribution in [2.45, 2.75) is 108 Å². The molecule has 0 bridgehead atoms. The molecule has 38 heavy (non-hydrogen) atoms. The smallest absolute Gasteiger partial charge is 0.251 e. The number of aliphatic hydroxyl groups is 1. The van der Waals surface area contributed by atoms with Crippen LogP contribution in [0.5, 0.6) is 0 Å². The second-order valence-electron chi connectivity index (χ2n) is 12.4. The van der Waals surface area contributed by atoms with Gasteiger partial charge in [-0.1, -0.05) is 68.7 Å². The molecule has 0 radical (unpaired) electrons. The molecule has 0 aromatic heterocycles. The molecule has 3 saturated heterocycles. The summed E-state index contributed by atoms with van der Waals surface area (Å²) >= 11 is 6.11. The van der Waals surface area contributed by atoms with Gasteiger partial charge in [-0.2, -0.15) is 0 Å². The topological polar surface area (TPSA) is 76.1 Å². The summed E-state index contributed by atoms with van der Waals surface area (Å²) in [5.41, 5.74) is -0.0864. The zero-order valence-corrected chi connectivity index (χ0v) is 23.9. The van der Waals surface area contributed by atoms with E-state index in [2.05, 4.69) is 10.2 Å². The molecule has 210 valence electrons. The van der Waals surface area contributed by atoms with Crippen LogP contribution in [0.3, 0.4) is 0 Å². The monoisotopic (exact) mass is 544 g/mol. The highest BCUT2D eigenvalue weighted by Crippen LogP contribution is 2.48. The summed E-state index contributed by atoms with van der Waals surface area (Å²) in [6.45, 7) is 6.35. The maximum absolute atomic E-state index is 14.0. The fourth-order valence-corrected chi connectivity index (χ4v) is 7.73. The van der Waals surface area contributed by atoms with Crippen LogP contribution < -0.4 is 5.32 Å². The summed E-state index contributed by atoms with van der Waals surface area (Å²) in [4.78, 5) is 33.6. The van der Waals surface area contributed by atoms with Crippen LogP contribution in [0, 0.1) is 5.41 Å². The predicted molar refractivity (Wildman–Crippen MR) is 150 cm³/mol. The molecule has 2 amide bonds. The first kappa shape index (κ1) is 27.9. The van der Waals surface area contributed by atoms with Crippen molar-refractivity contribution in [2.75, 3.05) is 26.2 Å². The summed E-state index contributed by atoms with van der Waals surface area (Å²) in [6.07, 6.45) is 11.0. The van der Waals surface area contributed by atoms with E-state index in [4.69, 9.17) is 11.6 Å². The molecule has 3 heterocycles. The Hall–Kier alpha value is -1.67. The number of carbonyl (C=O) groups is 2. The first-order valence-corrected chi connectivity index (χ1v) is 15.2. The zero-order valence-electron chi connectivity index (χ0n) is 23.1. The lowest BCUT2D eigenvalue weighted by Crippen LogP contribution is -2.83. The lowest BCUT2D eigenvalue weighted by molar-refractivity contribution is -0.195. The molecular weight excluding hydrogens is 500 g/mol. The van der Waals surface area contributed by atoms with Crippen LogP contribution in [-0.2, 0) is 16.1 Å². The molecule has 4 fully saturated rings. The number of carbonyl (C=O) groups excluding carboxylic acids is 2. The Morgan fingerprint density at radius 2 is 1.61 bits per heavy atom. The van der Waals surface area contributed by atoms with Crippen molar-refractivity contribution in [3.8, 4) is 0 Å². The van der Waals surface area contributed by atoms with Crippen LogP contribution in [0.4, 0.5) is 0 Å². The number of piperidine rings is 1. The van der Waals surface area contributed by atoms with Gasteiger partial charge in [-0.15, -0.1) is 0 Å². The number of likely N-dealkylation sites (tertiary alicyclic amines) is 1. The first-order chi connectivity index (χ1) is 18.3. The van der Waals surface area contributed by atoms with E-state index in [1.54, 1.807) is 4.90 Å². The Balaban J connectivity index is 1.42. The van der Waals surface area contributed by atoms with E-state index in [-0.39, 0.29) is 35.9 Å². The number of nitrogens with zero attached hydrogens (tertiary/aromatic N) is 3.